The van der Waals surface area contributed by atoms with Crippen molar-refractivity contribution in [1.82, 2.24) is 15.4 Å². The highest BCUT2D eigenvalue weighted by Gasteiger charge is 2.27. The summed E-state index contributed by atoms with van der Waals surface area (Å²) >= 11 is 0. The van der Waals surface area contributed by atoms with Crippen LogP contribution < -0.4 is 0 Å². The first-order valence-corrected chi connectivity index (χ1v) is 3.86. The summed E-state index contributed by atoms with van der Waals surface area (Å²) in [7, 11) is 0. The van der Waals surface area contributed by atoms with Crippen LogP contribution in [0.2, 0.25) is 0 Å². The minimum atomic E-state index is 0.249. The number of benzene rings is 1. The number of rotatable bonds is 1. The maximum absolute atomic E-state index is 5.19. The number of hydrogen-bond acceptors (Lipinski definition) is 3. The van der Waals surface area contributed by atoms with E-state index in [4.69, 9.17) is 4.74 Å². The number of aromatic amines is 1. The summed E-state index contributed by atoms with van der Waals surface area (Å²) in [4.78, 5) is 0. The van der Waals surface area contributed by atoms with Gasteiger partial charge in [0.2, 0.25) is 0 Å². The molecule has 1 fully saturated rings. The van der Waals surface area contributed by atoms with Gasteiger partial charge in [-0.1, -0.05) is 12.1 Å². The third kappa shape index (κ3) is 0.753. The first kappa shape index (κ1) is 6.14. The Balaban J connectivity index is 2.32. The molecule has 1 saturated heterocycles. The lowest BCUT2D eigenvalue weighted by molar-refractivity contribution is 0.416. The van der Waals surface area contributed by atoms with E-state index >= 15 is 0 Å². The number of aromatic nitrogens is 3. The van der Waals surface area contributed by atoms with E-state index in [0.717, 1.165) is 23.2 Å². The molecule has 0 aliphatic carbocycles. The fraction of sp³-hybridized carbons (Fsp3) is 0.250. The van der Waals surface area contributed by atoms with Crippen LogP contribution in [0, 0.1) is 0 Å². The van der Waals surface area contributed by atoms with Crippen molar-refractivity contribution in [2.75, 3.05) is 6.61 Å². The number of hydrogen-bond donors (Lipinski definition) is 1. The number of nitrogens with one attached hydrogen (secondary N) is 1. The lowest BCUT2D eigenvalue weighted by Gasteiger charge is -1.93. The molecule has 60 valence electrons. The highest BCUT2D eigenvalue weighted by Crippen LogP contribution is 2.32. The molecule has 12 heavy (non-hydrogen) atoms. The molecule has 1 aliphatic rings. The van der Waals surface area contributed by atoms with E-state index < -0.39 is 0 Å². The van der Waals surface area contributed by atoms with Gasteiger partial charge in [0.1, 0.15) is 17.1 Å². The van der Waals surface area contributed by atoms with Crippen molar-refractivity contribution in [3.63, 3.8) is 0 Å². The van der Waals surface area contributed by atoms with Crippen LogP contribution in [0.25, 0.3) is 11.0 Å². The van der Waals surface area contributed by atoms with Gasteiger partial charge in [-0.05, 0) is 6.07 Å². The van der Waals surface area contributed by atoms with Crippen molar-refractivity contribution in [3.05, 3.63) is 23.8 Å². The van der Waals surface area contributed by atoms with E-state index in [1.54, 1.807) is 0 Å². The number of epoxide rings is 1. The zero-order valence-corrected chi connectivity index (χ0v) is 6.32. The molecule has 1 atom stereocenters. The van der Waals surface area contributed by atoms with E-state index in [1.807, 2.05) is 18.2 Å². The number of ether oxygens (including phenoxy) is 1. The van der Waals surface area contributed by atoms with Crippen molar-refractivity contribution in [3.8, 4) is 0 Å². The first-order valence-electron chi connectivity index (χ1n) is 3.86. The van der Waals surface area contributed by atoms with Gasteiger partial charge in [0.05, 0.1) is 6.61 Å². The van der Waals surface area contributed by atoms with Crippen LogP contribution in [0.5, 0.6) is 0 Å². The summed E-state index contributed by atoms with van der Waals surface area (Å²) in [6.07, 6.45) is 0.249. The maximum atomic E-state index is 5.19. The zero-order valence-electron chi connectivity index (χ0n) is 6.32. The Kier molecular flexibility index (Phi) is 1.04. The Morgan fingerprint density at radius 1 is 1.42 bits per heavy atom. The molecule has 2 heterocycles. The topological polar surface area (TPSA) is 54.1 Å². The molecule has 0 spiro atoms. The van der Waals surface area contributed by atoms with Crippen LogP contribution in [0.15, 0.2) is 18.2 Å². The molecule has 1 aromatic heterocycles. The Bertz CT molecular complexity index is 419. The third-order valence-electron chi connectivity index (χ3n) is 2.06. The van der Waals surface area contributed by atoms with Crippen molar-refractivity contribution in [2.45, 2.75) is 6.10 Å². The molecule has 0 bridgehead atoms. The molecule has 4 heteroatoms. The third-order valence-corrected chi connectivity index (χ3v) is 2.06. The second kappa shape index (κ2) is 2.04. The second-order valence-corrected chi connectivity index (χ2v) is 2.86. The minimum absolute atomic E-state index is 0.249. The summed E-state index contributed by atoms with van der Waals surface area (Å²) in [5.41, 5.74) is 2.98. The number of nitrogens with zero attached hydrogens (tertiary/aromatic N) is 2. The normalized spacial score (nSPS) is 21.5. The van der Waals surface area contributed by atoms with Gasteiger partial charge in [-0.25, -0.2) is 0 Å². The van der Waals surface area contributed by atoms with Crippen molar-refractivity contribution in [1.29, 1.82) is 0 Å². The summed E-state index contributed by atoms with van der Waals surface area (Å²) in [6, 6.07) is 5.94. The molecule has 3 rings (SSSR count). The predicted octanol–water partition coefficient (Wildman–Crippen LogP) is 1.03. The Labute approximate surface area is 68.5 Å². The smallest absolute Gasteiger partial charge is 0.118 e. The Hall–Kier alpha value is -1.42. The first-order chi connectivity index (χ1) is 5.95. The molecular formula is C8H7N3O. The van der Waals surface area contributed by atoms with Gasteiger partial charge < -0.3 is 4.74 Å². The fourth-order valence-electron chi connectivity index (χ4n) is 1.38. The molecule has 1 aromatic carbocycles. The number of H-pyrrole nitrogens is 1. The van der Waals surface area contributed by atoms with Crippen LogP contribution in [0.1, 0.15) is 11.7 Å². The molecule has 1 aliphatic heterocycles. The predicted molar refractivity (Wildman–Crippen MR) is 42.6 cm³/mol. The molecule has 0 radical (unpaired) electrons. The van der Waals surface area contributed by atoms with Gasteiger partial charge in [0.15, 0.2) is 0 Å². The van der Waals surface area contributed by atoms with Gasteiger partial charge in [0, 0.05) is 5.56 Å². The van der Waals surface area contributed by atoms with Crippen molar-refractivity contribution in [2.24, 2.45) is 0 Å². The summed E-state index contributed by atoms with van der Waals surface area (Å²) in [5.74, 6) is 0. The second-order valence-electron chi connectivity index (χ2n) is 2.86. The van der Waals surface area contributed by atoms with E-state index in [1.165, 1.54) is 0 Å². The van der Waals surface area contributed by atoms with E-state index in [2.05, 4.69) is 15.4 Å². The number of fused-ring (bicyclic) bond motifs is 1. The monoisotopic (exact) mass is 161 g/mol. The van der Waals surface area contributed by atoms with Gasteiger partial charge in [-0.2, -0.15) is 15.4 Å². The van der Waals surface area contributed by atoms with E-state index in [0.29, 0.717) is 0 Å². The fourth-order valence-corrected chi connectivity index (χ4v) is 1.38. The molecule has 4 nitrogen and oxygen atoms in total. The maximum Gasteiger partial charge on any atom is 0.118 e. The number of para-hydroxylation sites is 1. The summed E-state index contributed by atoms with van der Waals surface area (Å²) in [6.45, 7) is 0.811. The highest BCUT2D eigenvalue weighted by atomic mass is 16.6. The molecule has 2 aromatic rings. The molecule has 1 N–H and O–H groups in total. The zero-order chi connectivity index (χ0) is 7.97. The van der Waals surface area contributed by atoms with Crippen molar-refractivity contribution < 1.29 is 4.74 Å². The summed E-state index contributed by atoms with van der Waals surface area (Å²) < 4.78 is 5.19. The Morgan fingerprint density at radius 3 is 3.17 bits per heavy atom. The van der Waals surface area contributed by atoms with E-state index in [-0.39, 0.29) is 6.10 Å². The van der Waals surface area contributed by atoms with Crippen LogP contribution >= 0.6 is 0 Å². The van der Waals surface area contributed by atoms with Gasteiger partial charge in [-0.3, -0.25) is 0 Å². The van der Waals surface area contributed by atoms with Gasteiger partial charge in [-0.15, -0.1) is 0 Å². The van der Waals surface area contributed by atoms with Crippen LogP contribution in [-0.4, -0.2) is 22.0 Å². The van der Waals surface area contributed by atoms with Crippen molar-refractivity contribution >= 4 is 11.0 Å². The van der Waals surface area contributed by atoms with Crippen LogP contribution in [0.4, 0.5) is 0 Å². The molecule has 1 unspecified atom stereocenters. The minimum Gasteiger partial charge on any atom is -0.368 e. The molecule has 0 saturated carbocycles. The largest absolute Gasteiger partial charge is 0.368 e. The van der Waals surface area contributed by atoms with Crippen LogP contribution in [0.3, 0.4) is 0 Å². The SMILES string of the molecule is c1cc(C2CO2)c2n[nH]nc2c1. The average molecular weight is 161 g/mol. The standard InChI is InChI=1S/C8H7N3O/c1-2-5(7-4-12-7)8-6(3-1)9-11-10-8/h1-3,7H,4H2,(H,9,10,11). The van der Waals surface area contributed by atoms with Crippen LogP contribution in [-0.2, 0) is 4.74 Å². The summed E-state index contributed by atoms with van der Waals surface area (Å²) in [5, 5.41) is 10.7. The quantitative estimate of drug-likeness (QED) is 0.635. The Morgan fingerprint density at radius 2 is 2.33 bits per heavy atom. The average Bonchev–Trinajstić information content (AvgIpc) is 2.82. The molecular weight excluding hydrogens is 154 g/mol. The van der Waals surface area contributed by atoms with Gasteiger partial charge >= 0.3 is 0 Å². The van der Waals surface area contributed by atoms with E-state index in [9.17, 15) is 0 Å². The lowest BCUT2D eigenvalue weighted by Crippen LogP contribution is -1.82. The van der Waals surface area contributed by atoms with Gasteiger partial charge in [0.25, 0.3) is 0 Å². The highest BCUT2D eigenvalue weighted by molar-refractivity contribution is 5.77. The lowest BCUT2D eigenvalue weighted by atomic mass is 10.1. The molecule has 0 amide bonds.